The zero-order chi connectivity index (χ0) is 11.2. The summed E-state index contributed by atoms with van der Waals surface area (Å²) in [6.45, 7) is 5.49. The lowest BCUT2D eigenvalue weighted by molar-refractivity contribution is -0.169. The van der Waals surface area contributed by atoms with Crippen molar-refractivity contribution in [1.29, 1.82) is 0 Å². The summed E-state index contributed by atoms with van der Waals surface area (Å²) in [6.07, 6.45) is 1.26. The second kappa shape index (κ2) is 3.22. The van der Waals surface area contributed by atoms with E-state index in [0.717, 1.165) is 0 Å². The maximum atomic E-state index is 11.8. The van der Waals surface area contributed by atoms with Gasteiger partial charge in [-0.2, -0.15) is 0 Å². The summed E-state index contributed by atoms with van der Waals surface area (Å²) in [5.74, 6) is -1.03. The van der Waals surface area contributed by atoms with E-state index in [2.05, 4.69) is 0 Å². The molecule has 2 rings (SSSR count). The lowest BCUT2D eigenvalue weighted by Crippen LogP contribution is -2.34. The van der Waals surface area contributed by atoms with Gasteiger partial charge < -0.3 is 9.47 Å². The van der Waals surface area contributed by atoms with Gasteiger partial charge in [0, 0.05) is 0 Å². The molecule has 1 heterocycles. The highest BCUT2D eigenvalue weighted by molar-refractivity contribution is 5.85. The van der Waals surface area contributed by atoms with E-state index in [1.807, 2.05) is 20.8 Å². The number of hydrogen-bond acceptors (Lipinski definition) is 4. The minimum absolute atomic E-state index is 0.0555. The van der Waals surface area contributed by atoms with Crippen LogP contribution in [-0.2, 0) is 19.1 Å². The first kappa shape index (κ1) is 10.5. The number of ether oxygens (including phenoxy) is 2. The second-order valence-corrected chi connectivity index (χ2v) is 5.28. The SMILES string of the molecule is CC(C)(C)OC(=O)C1C[C@@H]2C[C@H]1C(=O)O2. The molecule has 0 N–H and O–H groups in total. The highest BCUT2D eigenvalue weighted by atomic mass is 16.6. The number of carbonyl (C=O) groups excluding carboxylic acids is 2. The molecule has 4 nitrogen and oxygen atoms in total. The zero-order valence-corrected chi connectivity index (χ0v) is 9.28. The Balaban J connectivity index is 2.01. The molecule has 0 radical (unpaired) electrons. The molecule has 2 fully saturated rings. The average molecular weight is 212 g/mol. The first-order valence-electron chi connectivity index (χ1n) is 5.30. The van der Waals surface area contributed by atoms with Gasteiger partial charge in [-0.3, -0.25) is 9.59 Å². The van der Waals surface area contributed by atoms with Crippen LogP contribution in [-0.4, -0.2) is 23.6 Å². The number of fused-ring (bicyclic) bond motifs is 2. The standard InChI is InChI=1S/C11H16O4/c1-11(2,3)15-10(13)8-5-6-4-7(8)9(12)14-6/h6-8H,4-5H2,1-3H3/t6-,7+,8?/m0/s1. The van der Waals surface area contributed by atoms with Gasteiger partial charge in [0.2, 0.25) is 0 Å². The minimum Gasteiger partial charge on any atom is -0.462 e. The van der Waals surface area contributed by atoms with Crippen molar-refractivity contribution in [3.63, 3.8) is 0 Å². The quantitative estimate of drug-likeness (QED) is 0.614. The van der Waals surface area contributed by atoms with E-state index in [1.54, 1.807) is 0 Å². The lowest BCUT2D eigenvalue weighted by Gasteiger charge is -2.25. The Kier molecular flexibility index (Phi) is 2.24. The molecule has 0 spiro atoms. The predicted octanol–water partition coefficient (Wildman–Crippen LogP) is 1.28. The molecule has 2 aliphatic rings. The van der Waals surface area contributed by atoms with Crippen molar-refractivity contribution in [3.8, 4) is 0 Å². The molecule has 0 amide bonds. The summed E-state index contributed by atoms with van der Waals surface area (Å²) in [4.78, 5) is 23.1. The monoisotopic (exact) mass is 212 g/mol. The van der Waals surface area contributed by atoms with E-state index in [0.29, 0.717) is 12.8 Å². The maximum absolute atomic E-state index is 11.8. The molecule has 1 saturated carbocycles. The molecule has 3 atom stereocenters. The van der Waals surface area contributed by atoms with Crippen LogP contribution in [0, 0.1) is 11.8 Å². The Morgan fingerprint density at radius 1 is 1.40 bits per heavy atom. The maximum Gasteiger partial charge on any atom is 0.310 e. The van der Waals surface area contributed by atoms with Gasteiger partial charge in [-0.25, -0.2) is 0 Å². The lowest BCUT2D eigenvalue weighted by atomic mass is 9.96. The molecule has 0 aromatic carbocycles. The van der Waals surface area contributed by atoms with Crippen molar-refractivity contribution in [3.05, 3.63) is 0 Å². The summed E-state index contributed by atoms with van der Waals surface area (Å²) in [5.41, 5.74) is -0.483. The van der Waals surface area contributed by atoms with Crippen molar-refractivity contribution in [1.82, 2.24) is 0 Å². The predicted molar refractivity (Wildman–Crippen MR) is 51.9 cm³/mol. The van der Waals surface area contributed by atoms with Crippen LogP contribution in [0.15, 0.2) is 0 Å². The molecule has 1 aliphatic carbocycles. The van der Waals surface area contributed by atoms with Crippen molar-refractivity contribution in [2.75, 3.05) is 0 Å². The third-order valence-corrected chi connectivity index (χ3v) is 2.81. The van der Waals surface area contributed by atoms with Gasteiger partial charge in [-0.05, 0) is 33.6 Å². The number of esters is 2. The Morgan fingerprint density at radius 2 is 2.07 bits per heavy atom. The van der Waals surface area contributed by atoms with Gasteiger partial charge in [0.1, 0.15) is 11.7 Å². The Hall–Kier alpha value is -1.06. The molecular formula is C11H16O4. The summed E-state index contributed by atoms with van der Waals surface area (Å²) in [7, 11) is 0. The first-order valence-corrected chi connectivity index (χ1v) is 5.30. The molecular weight excluding hydrogens is 196 g/mol. The van der Waals surface area contributed by atoms with Crippen molar-refractivity contribution in [2.45, 2.75) is 45.3 Å². The first-order chi connectivity index (χ1) is 6.87. The molecule has 1 aliphatic heterocycles. The fraction of sp³-hybridized carbons (Fsp3) is 0.818. The van der Waals surface area contributed by atoms with Crippen LogP contribution >= 0.6 is 0 Å². The van der Waals surface area contributed by atoms with E-state index in [-0.39, 0.29) is 29.9 Å². The zero-order valence-electron chi connectivity index (χ0n) is 9.28. The average Bonchev–Trinajstić information content (AvgIpc) is 2.58. The second-order valence-electron chi connectivity index (χ2n) is 5.28. The van der Waals surface area contributed by atoms with Gasteiger partial charge in [-0.1, -0.05) is 0 Å². The summed E-state index contributed by atoms with van der Waals surface area (Å²) >= 11 is 0. The van der Waals surface area contributed by atoms with Crippen LogP contribution in [0.3, 0.4) is 0 Å². The molecule has 2 bridgehead atoms. The van der Waals surface area contributed by atoms with E-state index in [9.17, 15) is 9.59 Å². The van der Waals surface area contributed by atoms with Crippen LogP contribution in [0.25, 0.3) is 0 Å². The topological polar surface area (TPSA) is 52.6 Å². The fourth-order valence-corrected chi connectivity index (χ4v) is 2.24. The van der Waals surface area contributed by atoms with Crippen molar-refractivity contribution >= 4 is 11.9 Å². The van der Waals surface area contributed by atoms with E-state index in [1.165, 1.54) is 0 Å². The van der Waals surface area contributed by atoms with Gasteiger partial charge in [0.25, 0.3) is 0 Å². The van der Waals surface area contributed by atoms with Gasteiger partial charge in [-0.15, -0.1) is 0 Å². The molecule has 1 unspecified atom stereocenters. The molecule has 0 aromatic heterocycles. The molecule has 84 valence electrons. The molecule has 1 saturated heterocycles. The summed E-state index contributed by atoms with van der Waals surface area (Å²) in [6, 6.07) is 0. The van der Waals surface area contributed by atoms with Gasteiger partial charge in [0.05, 0.1) is 11.8 Å². The Labute approximate surface area is 88.9 Å². The number of rotatable bonds is 1. The number of carbonyl (C=O) groups is 2. The van der Waals surface area contributed by atoms with Crippen LogP contribution in [0.5, 0.6) is 0 Å². The van der Waals surface area contributed by atoms with Crippen LogP contribution in [0.1, 0.15) is 33.6 Å². The summed E-state index contributed by atoms with van der Waals surface area (Å²) < 4.78 is 10.3. The van der Waals surface area contributed by atoms with Gasteiger partial charge >= 0.3 is 11.9 Å². The largest absolute Gasteiger partial charge is 0.462 e. The van der Waals surface area contributed by atoms with E-state index in [4.69, 9.17) is 9.47 Å². The Morgan fingerprint density at radius 3 is 2.53 bits per heavy atom. The smallest absolute Gasteiger partial charge is 0.310 e. The fourth-order valence-electron chi connectivity index (χ4n) is 2.24. The van der Waals surface area contributed by atoms with Crippen LogP contribution in [0.2, 0.25) is 0 Å². The van der Waals surface area contributed by atoms with Crippen LogP contribution in [0.4, 0.5) is 0 Å². The molecule has 15 heavy (non-hydrogen) atoms. The highest BCUT2D eigenvalue weighted by Gasteiger charge is 2.51. The molecule has 4 heteroatoms. The number of hydrogen-bond donors (Lipinski definition) is 0. The van der Waals surface area contributed by atoms with Crippen molar-refractivity contribution in [2.24, 2.45) is 11.8 Å². The highest BCUT2D eigenvalue weighted by Crippen LogP contribution is 2.42. The normalized spacial score (nSPS) is 34.1. The van der Waals surface area contributed by atoms with E-state index >= 15 is 0 Å². The molecule has 0 aromatic rings. The Bertz CT molecular complexity index is 302. The summed E-state index contributed by atoms with van der Waals surface area (Å²) in [5, 5.41) is 0. The third kappa shape index (κ3) is 1.98. The van der Waals surface area contributed by atoms with E-state index < -0.39 is 5.60 Å². The minimum atomic E-state index is -0.483. The van der Waals surface area contributed by atoms with Gasteiger partial charge in [0.15, 0.2) is 0 Å². The third-order valence-electron chi connectivity index (χ3n) is 2.81. The van der Waals surface area contributed by atoms with Crippen LogP contribution < -0.4 is 0 Å². The van der Waals surface area contributed by atoms with Crippen molar-refractivity contribution < 1.29 is 19.1 Å².